The topological polar surface area (TPSA) is 58.6 Å². The van der Waals surface area contributed by atoms with Crippen LogP contribution in [0.4, 0.5) is 4.39 Å². The van der Waals surface area contributed by atoms with E-state index in [-0.39, 0.29) is 42.7 Å². The molecule has 6 heteroatoms. The molecule has 1 aliphatic carbocycles. The zero-order valence-electron chi connectivity index (χ0n) is 22.9. The molecule has 3 aromatic rings. The first-order chi connectivity index (χ1) is 18.9. The van der Waals surface area contributed by atoms with E-state index in [2.05, 4.69) is 19.2 Å². The van der Waals surface area contributed by atoms with E-state index in [1.165, 1.54) is 18.6 Å². The molecule has 5 nitrogen and oxygen atoms in total. The molecule has 0 saturated heterocycles. The van der Waals surface area contributed by atoms with E-state index >= 15 is 0 Å². The third-order valence-electron chi connectivity index (χ3n) is 7.38. The second-order valence-electron chi connectivity index (χ2n) is 10.7. The number of carbonyl (C=O) groups excluding carboxylic acids is 2. The number of benzene rings is 3. The number of rotatable bonds is 11. The van der Waals surface area contributed by atoms with Gasteiger partial charge in [0, 0.05) is 19.0 Å². The molecule has 0 heterocycles. The first-order valence-electron chi connectivity index (χ1n) is 14.0. The molecular weight excluding hydrogens is 491 g/mol. The average molecular weight is 531 g/mol. The van der Waals surface area contributed by atoms with Gasteiger partial charge in [0.25, 0.3) is 5.91 Å². The summed E-state index contributed by atoms with van der Waals surface area (Å²) in [5, 5.41) is 3.23. The number of para-hydroxylation sites is 1. The maximum Gasteiger partial charge on any atom is 0.261 e. The van der Waals surface area contributed by atoms with E-state index in [9.17, 15) is 14.0 Å². The van der Waals surface area contributed by atoms with Gasteiger partial charge in [-0.1, -0.05) is 93.8 Å². The molecule has 0 aromatic heterocycles. The summed E-state index contributed by atoms with van der Waals surface area (Å²) in [6, 6.07) is 22.9. The molecule has 0 radical (unpaired) electrons. The van der Waals surface area contributed by atoms with Crippen LogP contribution in [-0.4, -0.2) is 35.4 Å². The van der Waals surface area contributed by atoms with Crippen molar-refractivity contribution in [3.05, 3.63) is 101 Å². The molecule has 3 aromatic carbocycles. The van der Waals surface area contributed by atoms with Crippen LogP contribution in [-0.2, 0) is 22.6 Å². The van der Waals surface area contributed by atoms with Crippen LogP contribution in [0.1, 0.15) is 68.6 Å². The third-order valence-corrected chi connectivity index (χ3v) is 7.38. The van der Waals surface area contributed by atoms with Gasteiger partial charge in [0.2, 0.25) is 5.91 Å². The fourth-order valence-corrected chi connectivity index (χ4v) is 5.20. The predicted molar refractivity (Wildman–Crippen MR) is 152 cm³/mol. The van der Waals surface area contributed by atoms with Gasteiger partial charge in [0.1, 0.15) is 17.6 Å². The van der Waals surface area contributed by atoms with E-state index in [1.54, 1.807) is 17.0 Å². The normalized spacial score (nSPS) is 14.6. The van der Waals surface area contributed by atoms with Crippen LogP contribution in [0, 0.1) is 5.82 Å². The molecule has 206 valence electrons. The minimum absolute atomic E-state index is 0.112. The molecule has 4 rings (SSSR count). The zero-order valence-corrected chi connectivity index (χ0v) is 22.9. The molecule has 0 unspecified atom stereocenters. The van der Waals surface area contributed by atoms with Crippen molar-refractivity contribution < 1.29 is 18.7 Å². The van der Waals surface area contributed by atoms with E-state index < -0.39 is 6.04 Å². The standard InChI is InChI=1S/C33H39FN2O3/c1-24(2)29-15-9-10-16-31(29)39-23-32(37)36(22-26-17-19-27(34)20-18-26)30(21-25-11-5-3-6-12-25)33(38)35-28-13-7-4-8-14-28/h3,5-6,9-12,15-20,24,28,30H,4,7-8,13-14,21-23H2,1-2H3,(H,35,38)/t30-/m0/s1. The van der Waals surface area contributed by atoms with Crippen LogP contribution >= 0.6 is 0 Å². The van der Waals surface area contributed by atoms with Crippen molar-refractivity contribution >= 4 is 11.8 Å². The van der Waals surface area contributed by atoms with E-state index in [0.29, 0.717) is 12.2 Å². The fraction of sp³-hybridized carbons (Fsp3) is 0.394. The Labute approximate surface area is 231 Å². The van der Waals surface area contributed by atoms with Gasteiger partial charge in [0.05, 0.1) is 0 Å². The summed E-state index contributed by atoms with van der Waals surface area (Å²) in [7, 11) is 0. The quantitative estimate of drug-likeness (QED) is 0.311. The second kappa shape index (κ2) is 13.9. The third kappa shape index (κ3) is 8.16. The molecule has 39 heavy (non-hydrogen) atoms. The van der Waals surface area contributed by atoms with Gasteiger partial charge in [0.15, 0.2) is 6.61 Å². The first-order valence-corrected chi connectivity index (χ1v) is 14.0. The van der Waals surface area contributed by atoms with Gasteiger partial charge in [-0.05, 0) is 53.6 Å². The van der Waals surface area contributed by atoms with Gasteiger partial charge < -0.3 is 15.0 Å². The van der Waals surface area contributed by atoms with Crippen molar-refractivity contribution in [1.29, 1.82) is 0 Å². The Balaban J connectivity index is 1.62. The lowest BCUT2D eigenvalue weighted by Crippen LogP contribution is -2.53. The largest absolute Gasteiger partial charge is 0.483 e. The Morgan fingerprint density at radius 3 is 2.26 bits per heavy atom. The summed E-state index contributed by atoms with van der Waals surface area (Å²) in [4.78, 5) is 29.3. The number of halogens is 1. The van der Waals surface area contributed by atoms with Gasteiger partial charge in [-0.2, -0.15) is 0 Å². The minimum atomic E-state index is -0.740. The number of amides is 2. The van der Waals surface area contributed by atoms with Gasteiger partial charge in [-0.15, -0.1) is 0 Å². The Morgan fingerprint density at radius 2 is 1.56 bits per heavy atom. The Hall–Kier alpha value is -3.67. The van der Waals surface area contributed by atoms with E-state index in [0.717, 1.165) is 42.4 Å². The molecule has 0 spiro atoms. The van der Waals surface area contributed by atoms with Crippen LogP contribution in [0.15, 0.2) is 78.9 Å². The van der Waals surface area contributed by atoms with Crippen molar-refractivity contribution in [2.45, 2.75) is 76.9 Å². The number of hydrogen-bond donors (Lipinski definition) is 1. The van der Waals surface area contributed by atoms with Crippen molar-refractivity contribution in [3.8, 4) is 5.75 Å². The summed E-state index contributed by atoms with van der Waals surface area (Å²) < 4.78 is 19.7. The van der Waals surface area contributed by atoms with Crippen molar-refractivity contribution in [2.75, 3.05) is 6.61 Å². The van der Waals surface area contributed by atoms with Crippen LogP contribution in [0.25, 0.3) is 0 Å². The SMILES string of the molecule is CC(C)c1ccccc1OCC(=O)N(Cc1ccc(F)cc1)[C@@H](Cc1ccccc1)C(=O)NC1CCCCC1. The maximum absolute atomic E-state index is 13.8. The summed E-state index contributed by atoms with van der Waals surface area (Å²) >= 11 is 0. The highest BCUT2D eigenvalue weighted by molar-refractivity contribution is 5.88. The van der Waals surface area contributed by atoms with E-state index in [1.807, 2.05) is 54.6 Å². The second-order valence-corrected chi connectivity index (χ2v) is 10.7. The van der Waals surface area contributed by atoms with Gasteiger partial charge >= 0.3 is 0 Å². The maximum atomic E-state index is 13.8. The van der Waals surface area contributed by atoms with Gasteiger partial charge in [-0.3, -0.25) is 9.59 Å². The molecule has 1 saturated carbocycles. The molecule has 0 bridgehead atoms. The summed E-state index contributed by atoms with van der Waals surface area (Å²) in [6.45, 7) is 4.13. The number of hydrogen-bond acceptors (Lipinski definition) is 3. The predicted octanol–water partition coefficient (Wildman–Crippen LogP) is 6.42. The fourth-order valence-electron chi connectivity index (χ4n) is 5.20. The Bertz CT molecular complexity index is 1210. The molecule has 0 aliphatic heterocycles. The smallest absolute Gasteiger partial charge is 0.261 e. The summed E-state index contributed by atoms with van der Waals surface area (Å²) in [5.74, 6) is 0.0927. The molecule has 1 atom stereocenters. The van der Waals surface area contributed by atoms with Crippen molar-refractivity contribution in [3.63, 3.8) is 0 Å². The Kier molecular flexibility index (Phi) is 10.1. The first kappa shape index (κ1) is 28.3. The monoisotopic (exact) mass is 530 g/mol. The average Bonchev–Trinajstić information content (AvgIpc) is 2.95. The number of carbonyl (C=O) groups is 2. The number of nitrogens with zero attached hydrogens (tertiary/aromatic N) is 1. The van der Waals surface area contributed by atoms with Crippen LogP contribution in [0.3, 0.4) is 0 Å². The lowest BCUT2D eigenvalue weighted by Gasteiger charge is -2.33. The van der Waals surface area contributed by atoms with Gasteiger partial charge in [-0.25, -0.2) is 4.39 Å². The summed E-state index contributed by atoms with van der Waals surface area (Å²) in [6.07, 6.45) is 5.64. The van der Waals surface area contributed by atoms with Crippen molar-refractivity contribution in [1.82, 2.24) is 10.2 Å². The minimum Gasteiger partial charge on any atom is -0.483 e. The number of ether oxygens (including phenoxy) is 1. The lowest BCUT2D eigenvalue weighted by atomic mass is 9.94. The lowest BCUT2D eigenvalue weighted by molar-refractivity contribution is -0.143. The number of nitrogens with one attached hydrogen (secondary N) is 1. The molecule has 1 N–H and O–H groups in total. The Morgan fingerprint density at radius 1 is 0.897 bits per heavy atom. The summed E-state index contributed by atoms with van der Waals surface area (Å²) in [5.41, 5.74) is 2.73. The van der Waals surface area contributed by atoms with Crippen LogP contribution in [0.5, 0.6) is 5.75 Å². The molecule has 2 amide bonds. The van der Waals surface area contributed by atoms with Crippen LogP contribution < -0.4 is 10.1 Å². The highest BCUT2D eigenvalue weighted by Crippen LogP contribution is 2.26. The highest BCUT2D eigenvalue weighted by Gasteiger charge is 2.32. The highest BCUT2D eigenvalue weighted by atomic mass is 19.1. The molecule has 1 fully saturated rings. The molecule has 1 aliphatic rings. The zero-order chi connectivity index (χ0) is 27.6. The van der Waals surface area contributed by atoms with Crippen molar-refractivity contribution in [2.24, 2.45) is 0 Å². The van der Waals surface area contributed by atoms with E-state index in [4.69, 9.17) is 4.74 Å². The van der Waals surface area contributed by atoms with Crippen LogP contribution in [0.2, 0.25) is 0 Å². The molecular formula is C33H39FN2O3.